The summed E-state index contributed by atoms with van der Waals surface area (Å²) in [6.45, 7) is 2.43. The van der Waals surface area contributed by atoms with Gasteiger partial charge >= 0.3 is 12.2 Å². The highest BCUT2D eigenvalue weighted by Gasteiger charge is 2.30. The number of amides is 2. The van der Waals surface area contributed by atoms with Gasteiger partial charge in [-0.05, 0) is 62.2 Å². The van der Waals surface area contributed by atoms with Gasteiger partial charge in [-0.2, -0.15) is 18.3 Å². The molecule has 8 heteroatoms. The SMILES string of the molecule is Cc1ccc(-n2nc(CCCNC(=O)Nc3ccc(C(F)(F)F)cc3)cc2-c2ccccc2)cc1. The van der Waals surface area contributed by atoms with Crippen LogP contribution in [-0.4, -0.2) is 22.4 Å². The van der Waals surface area contributed by atoms with Crippen molar-refractivity contribution in [2.75, 3.05) is 11.9 Å². The van der Waals surface area contributed by atoms with Crippen molar-refractivity contribution in [1.29, 1.82) is 0 Å². The highest BCUT2D eigenvalue weighted by molar-refractivity contribution is 5.89. The summed E-state index contributed by atoms with van der Waals surface area (Å²) in [5.41, 5.74) is 4.61. The standard InChI is InChI=1S/C27H25F3N4O/c1-19-9-15-24(16-10-19)34-25(20-6-3-2-4-7-20)18-23(33-34)8-5-17-31-26(35)32-22-13-11-21(12-14-22)27(28,29)30/h2-4,6-7,9-16,18H,5,8,17H2,1H3,(H2,31,32,35). The zero-order valence-electron chi connectivity index (χ0n) is 19.1. The van der Waals surface area contributed by atoms with Crippen LogP contribution >= 0.6 is 0 Å². The number of alkyl halides is 3. The third-order valence-electron chi connectivity index (χ3n) is 5.47. The molecule has 180 valence electrons. The molecule has 5 nitrogen and oxygen atoms in total. The number of urea groups is 1. The predicted molar refractivity (Wildman–Crippen MR) is 131 cm³/mol. The van der Waals surface area contributed by atoms with Crippen LogP contribution < -0.4 is 10.6 Å². The number of benzene rings is 3. The molecule has 1 aromatic heterocycles. The van der Waals surface area contributed by atoms with Gasteiger partial charge in [-0.25, -0.2) is 9.48 Å². The molecule has 2 N–H and O–H groups in total. The molecule has 4 aromatic rings. The number of aryl methyl sites for hydroxylation is 2. The summed E-state index contributed by atoms with van der Waals surface area (Å²) in [7, 11) is 0. The Morgan fingerprint density at radius 1 is 0.943 bits per heavy atom. The Hall–Kier alpha value is -4.07. The van der Waals surface area contributed by atoms with Gasteiger partial charge in [0.15, 0.2) is 0 Å². The van der Waals surface area contributed by atoms with Crippen LogP contribution in [0.25, 0.3) is 16.9 Å². The van der Waals surface area contributed by atoms with E-state index in [0.717, 1.165) is 34.8 Å². The van der Waals surface area contributed by atoms with Crippen molar-refractivity contribution in [2.24, 2.45) is 0 Å². The van der Waals surface area contributed by atoms with Gasteiger partial charge in [-0.1, -0.05) is 48.0 Å². The van der Waals surface area contributed by atoms with Crippen LogP contribution in [0.2, 0.25) is 0 Å². The summed E-state index contributed by atoms with van der Waals surface area (Å²) in [4.78, 5) is 12.1. The molecule has 0 saturated carbocycles. The molecule has 0 atom stereocenters. The van der Waals surface area contributed by atoms with Gasteiger partial charge in [-0.3, -0.25) is 0 Å². The van der Waals surface area contributed by atoms with Gasteiger partial charge in [0.05, 0.1) is 22.6 Å². The predicted octanol–water partition coefficient (Wildman–Crippen LogP) is 6.62. The molecule has 0 unspecified atom stereocenters. The summed E-state index contributed by atoms with van der Waals surface area (Å²) in [6.07, 6.45) is -3.10. The lowest BCUT2D eigenvalue weighted by Crippen LogP contribution is -2.29. The second-order valence-corrected chi connectivity index (χ2v) is 8.19. The summed E-state index contributed by atoms with van der Waals surface area (Å²) in [6, 6.07) is 24.1. The number of anilines is 1. The molecule has 0 saturated heterocycles. The molecule has 0 spiro atoms. The van der Waals surface area contributed by atoms with Crippen LogP contribution in [-0.2, 0) is 12.6 Å². The van der Waals surface area contributed by atoms with Crippen molar-refractivity contribution in [3.63, 3.8) is 0 Å². The first kappa shape index (κ1) is 24.1. The molecular weight excluding hydrogens is 453 g/mol. The number of carbonyl (C=O) groups is 1. The maximum atomic E-state index is 12.7. The molecule has 0 bridgehead atoms. The Morgan fingerprint density at radius 3 is 2.29 bits per heavy atom. The first-order chi connectivity index (χ1) is 16.8. The van der Waals surface area contributed by atoms with Gasteiger partial charge in [0, 0.05) is 17.8 Å². The number of nitrogens with one attached hydrogen (secondary N) is 2. The fourth-order valence-corrected chi connectivity index (χ4v) is 3.64. The zero-order chi connectivity index (χ0) is 24.8. The van der Waals surface area contributed by atoms with Crippen molar-refractivity contribution < 1.29 is 18.0 Å². The van der Waals surface area contributed by atoms with E-state index in [4.69, 9.17) is 5.10 Å². The molecule has 3 aromatic carbocycles. The maximum absolute atomic E-state index is 12.7. The molecule has 2 amide bonds. The Bertz CT molecular complexity index is 1260. The Kier molecular flexibility index (Phi) is 7.19. The van der Waals surface area contributed by atoms with E-state index in [0.29, 0.717) is 25.1 Å². The third-order valence-corrected chi connectivity index (χ3v) is 5.47. The molecule has 0 fully saturated rings. The highest BCUT2D eigenvalue weighted by atomic mass is 19.4. The van der Waals surface area contributed by atoms with Crippen molar-refractivity contribution in [1.82, 2.24) is 15.1 Å². The minimum atomic E-state index is -4.41. The minimum absolute atomic E-state index is 0.292. The van der Waals surface area contributed by atoms with Crippen molar-refractivity contribution >= 4 is 11.7 Å². The fourth-order valence-electron chi connectivity index (χ4n) is 3.64. The van der Waals surface area contributed by atoms with Crippen LogP contribution in [0.1, 0.15) is 23.2 Å². The van der Waals surface area contributed by atoms with Gasteiger partial charge in [0.2, 0.25) is 0 Å². The first-order valence-corrected chi connectivity index (χ1v) is 11.2. The van der Waals surface area contributed by atoms with E-state index in [-0.39, 0.29) is 0 Å². The summed E-state index contributed by atoms with van der Waals surface area (Å²) in [5, 5.41) is 10.1. The molecular formula is C27H25F3N4O. The smallest absolute Gasteiger partial charge is 0.338 e. The molecule has 1 heterocycles. The van der Waals surface area contributed by atoms with E-state index in [1.165, 1.54) is 17.7 Å². The maximum Gasteiger partial charge on any atom is 0.416 e. The molecule has 0 aliphatic rings. The largest absolute Gasteiger partial charge is 0.416 e. The van der Waals surface area contributed by atoms with Crippen molar-refractivity contribution in [3.8, 4) is 16.9 Å². The normalized spacial score (nSPS) is 11.3. The van der Waals surface area contributed by atoms with E-state index >= 15 is 0 Å². The van der Waals surface area contributed by atoms with E-state index in [2.05, 4.69) is 16.7 Å². The van der Waals surface area contributed by atoms with Crippen LogP contribution in [0.3, 0.4) is 0 Å². The number of halogens is 3. The Morgan fingerprint density at radius 2 is 1.63 bits per heavy atom. The number of aromatic nitrogens is 2. The van der Waals surface area contributed by atoms with E-state index < -0.39 is 17.8 Å². The molecule has 35 heavy (non-hydrogen) atoms. The van der Waals surface area contributed by atoms with Gasteiger partial charge in [0.25, 0.3) is 0 Å². The average molecular weight is 479 g/mol. The van der Waals surface area contributed by atoms with Crippen LogP contribution in [0, 0.1) is 6.92 Å². The van der Waals surface area contributed by atoms with Gasteiger partial charge in [-0.15, -0.1) is 0 Å². The molecule has 0 aliphatic heterocycles. The monoisotopic (exact) mass is 478 g/mol. The quantitative estimate of drug-likeness (QED) is 0.293. The van der Waals surface area contributed by atoms with E-state index in [9.17, 15) is 18.0 Å². The van der Waals surface area contributed by atoms with Gasteiger partial charge in [0.1, 0.15) is 0 Å². The summed E-state index contributed by atoms with van der Waals surface area (Å²) >= 11 is 0. The summed E-state index contributed by atoms with van der Waals surface area (Å²) < 4.78 is 39.9. The van der Waals surface area contributed by atoms with Crippen molar-refractivity contribution in [3.05, 3.63) is 102 Å². The van der Waals surface area contributed by atoms with Crippen LogP contribution in [0.4, 0.5) is 23.7 Å². The zero-order valence-corrected chi connectivity index (χ0v) is 19.1. The minimum Gasteiger partial charge on any atom is -0.338 e. The Balaban J connectivity index is 1.36. The number of rotatable bonds is 7. The molecule has 4 rings (SSSR count). The lowest BCUT2D eigenvalue weighted by atomic mass is 10.1. The Labute approximate surface area is 201 Å². The van der Waals surface area contributed by atoms with E-state index in [1.807, 2.05) is 66.2 Å². The average Bonchev–Trinajstić information content (AvgIpc) is 3.27. The number of hydrogen-bond acceptors (Lipinski definition) is 2. The second-order valence-electron chi connectivity index (χ2n) is 8.19. The van der Waals surface area contributed by atoms with Gasteiger partial charge < -0.3 is 10.6 Å². The highest BCUT2D eigenvalue weighted by Crippen LogP contribution is 2.30. The lowest BCUT2D eigenvalue weighted by molar-refractivity contribution is -0.137. The first-order valence-electron chi connectivity index (χ1n) is 11.2. The van der Waals surface area contributed by atoms with Crippen LogP contribution in [0.15, 0.2) is 84.9 Å². The summed E-state index contributed by atoms with van der Waals surface area (Å²) in [5.74, 6) is 0. The lowest BCUT2D eigenvalue weighted by Gasteiger charge is -2.09. The number of nitrogens with zero attached hydrogens (tertiary/aromatic N) is 2. The van der Waals surface area contributed by atoms with E-state index in [1.54, 1.807) is 0 Å². The molecule has 0 aliphatic carbocycles. The topological polar surface area (TPSA) is 59.0 Å². The number of carbonyl (C=O) groups excluding carboxylic acids is 1. The van der Waals surface area contributed by atoms with Crippen molar-refractivity contribution in [2.45, 2.75) is 25.9 Å². The molecule has 0 radical (unpaired) electrons. The third kappa shape index (κ3) is 6.29. The van der Waals surface area contributed by atoms with Crippen LogP contribution in [0.5, 0.6) is 0 Å². The second kappa shape index (κ2) is 10.5. The fraction of sp³-hybridized carbons (Fsp3) is 0.185. The number of hydrogen-bond donors (Lipinski definition) is 2.